The van der Waals surface area contributed by atoms with Crippen LogP contribution in [0, 0.1) is 5.92 Å². The van der Waals surface area contributed by atoms with E-state index in [1.165, 1.54) is 0 Å². The van der Waals surface area contributed by atoms with E-state index in [2.05, 4.69) is 0 Å². The highest BCUT2D eigenvalue weighted by molar-refractivity contribution is 5.85. The Labute approximate surface area is 119 Å². The maximum absolute atomic E-state index is 12.7. The third kappa shape index (κ3) is 2.40. The standard InChI is InChI=1S/C16H21NO3/c1-11-6-8-17(10-14(11)18)16(19)13-7-9-20-15-5-3-2-4-12(13)15/h2-5,11,13-14,18H,6-10H2,1H3. The van der Waals surface area contributed by atoms with Gasteiger partial charge < -0.3 is 14.7 Å². The molecule has 3 atom stereocenters. The number of likely N-dealkylation sites (tertiary alicyclic amines) is 1. The summed E-state index contributed by atoms with van der Waals surface area (Å²) in [7, 11) is 0. The summed E-state index contributed by atoms with van der Waals surface area (Å²) in [5.41, 5.74) is 0.983. The fraction of sp³-hybridized carbons (Fsp3) is 0.562. The molecule has 0 spiro atoms. The van der Waals surface area contributed by atoms with E-state index in [0.29, 0.717) is 13.2 Å². The van der Waals surface area contributed by atoms with Crippen LogP contribution in [0.25, 0.3) is 0 Å². The number of benzene rings is 1. The highest BCUT2D eigenvalue weighted by Gasteiger charge is 2.34. The molecule has 1 N–H and O–H groups in total. The number of β-amino-alcohol motifs (C(OH)–C–C–N with tert-alkyl or cyclic N) is 1. The SMILES string of the molecule is CC1CCN(C(=O)C2CCOc3ccccc32)CC1O. The maximum Gasteiger partial charge on any atom is 0.230 e. The molecule has 1 saturated heterocycles. The second kappa shape index (κ2) is 5.44. The molecule has 0 aromatic heterocycles. The molecule has 1 amide bonds. The van der Waals surface area contributed by atoms with Gasteiger partial charge in [0.05, 0.1) is 18.6 Å². The summed E-state index contributed by atoms with van der Waals surface area (Å²) >= 11 is 0. The number of aliphatic hydroxyl groups is 1. The molecular weight excluding hydrogens is 254 g/mol. The lowest BCUT2D eigenvalue weighted by molar-refractivity contribution is -0.137. The van der Waals surface area contributed by atoms with E-state index in [1.807, 2.05) is 36.1 Å². The van der Waals surface area contributed by atoms with Gasteiger partial charge in [0.2, 0.25) is 5.91 Å². The van der Waals surface area contributed by atoms with Crippen LogP contribution in [0.15, 0.2) is 24.3 Å². The first-order valence-electron chi connectivity index (χ1n) is 7.35. The first kappa shape index (κ1) is 13.4. The summed E-state index contributed by atoms with van der Waals surface area (Å²) in [4.78, 5) is 14.5. The van der Waals surface area contributed by atoms with Crippen molar-refractivity contribution in [1.82, 2.24) is 4.90 Å². The normalized spacial score (nSPS) is 29.5. The number of ether oxygens (including phenoxy) is 1. The molecule has 0 saturated carbocycles. The smallest absolute Gasteiger partial charge is 0.230 e. The summed E-state index contributed by atoms with van der Waals surface area (Å²) in [6.45, 7) is 3.83. The van der Waals surface area contributed by atoms with Crippen LogP contribution in [0.3, 0.4) is 0 Å². The minimum Gasteiger partial charge on any atom is -0.493 e. The topological polar surface area (TPSA) is 49.8 Å². The van der Waals surface area contributed by atoms with Crippen LogP contribution in [0.4, 0.5) is 0 Å². The summed E-state index contributed by atoms with van der Waals surface area (Å²) in [5.74, 6) is 1.11. The molecule has 1 aromatic carbocycles. The number of hydrogen-bond donors (Lipinski definition) is 1. The average Bonchev–Trinajstić information content (AvgIpc) is 2.49. The van der Waals surface area contributed by atoms with Crippen molar-refractivity contribution >= 4 is 5.91 Å². The Morgan fingerprint density at radius 3 is 2.95 bits per heavy atom. The third-order valence-electron chi connectivity index (χ3n) is 4.49. The van der Waals surface area contributed by atoms with Gasteiger partial charge in [0.1, 0.15) is 5.75 Å². The fourth-order valence-corrected chi connectivity index (χ4v) is 3.07. The van der Waals surface area contributed by atoms with Crippen molar-refractivity contribution in [2.75, 3.05) is 19.7 Å². The van der Waals surface area contributed by atoms with E-state index in [4.69, 9.17) is 4.74 Å². The number of rotatable bonds is 1. The second-order valence-electron chi connectivity index (χ2n) is 5.85. The lowest BCUT2D eigenvalue weighted by atomic mass is 9.89. The number of carbonyl (C=O) groups excluding carboxylic acids is 1. The van der Waals surface area contributed by atoms with Crippen molar-refractivity contribution in [2.45, 2.75) is 31.8 Å². The summed E-state index contributed by atoms with van der Waals surface area (Å²) in [6, 6.07) is 7.76. The predicted octanol–water partition coefficient (Wildman–Crippen LogP) is 1.78. The zero-order valence-corrected chi connectivity index (χ0v) is 11.8. The van der Waals surface area contributed by atoms with E-state index in [9.17, 15) is 9.90 Å². The van der Waals surface area contributed by atoms with Crippen LogP contribution >= 0.6 is 0 Å². The quantitative estimate of drug-likeness (QED) is 0.850. The molecule has 2 aliphatic rings. The molecule has 20 heavy (non-hydrogen) atoms. The van der Waals surface area contributed by atoms with Crippen LogP contribution in [0.1, 0.15) is 31.2 Å². The lowest BCUT2D eigenvalue weighted by Gasteiger charge is -2.37. The monoisotopic (exact) mass is 275 g/mol. The van der Waals surface area contributed by atoms with Crippen LogP contribution in [0.5, 0.6) is 5.75 Å². The molecule has 3 unspecified atom stereocenters. The Morgan fingerprint density at radius 1 is 1.35 bits per heavy atom. The van der Waals surface area contributed by atoms with Gasteiger partial charge in [0.25, 0.3) is 0 Å². The van der Waals surface area contributed by atoms with Crippen molar-refractivity contribution in [2.24, 2.45) is 5.92 Å². The number of para-hydroxylation sites is 1. The number of hydrogen-bond acceptors (Lipinski definition) is 3. The zero-order chi connectivity index (χ0) is 14.1. The van der Waals surface area contributed by atoms with E-state index in [-0.39, 0.29) is 17.7 Å². The second-order valence-corrected chi connectivity index (χ2v) is 5.85. The maximum atomic E-state index is 12.7. The van der Waals surface area contributed by atoms with Gasteiger partial charge in [-0.3, -0.25) is 4.79 Å². The van der Waals surface area contributed by atoms with E-state index in [1.54, 1.807) is 0 Å². The molecule has 1 fully saturated rings. The van der Waals surface area contributed by atoms with Gasteiger partial charge in [-0.05, 0) is 24.8 Å². The molecule has 2 heterocycles. The predicted molar refractivity (Wildman–Crippen MR) is 75.7 cm³/mol. The summed E-state index contributed by atoms with van der Waals surface area (Å²) in [5, 5.41) is 9.97. The van der Waals surface area contributed by atoms with Crippen molar-refractivity contribution in [1.29, 1.82) is 0 Å². The number of nitrogens with zero attached hydrogens (tertiary/aromatic N) is 1. The van der Waals surface area contributed by atoms with Crippen LogP contribution in [0.2, 0.25) is 0 Å². The minimum absolute atomic E-state index is 0.124. The van der Waals surface area contributed by atoms with Gasteiger partial charge in [0, 0.05) is 18.7 Å². The van der Waals surface area contributed by atoms with Gasteiger partial charge >= 0.3 is 0 Å². The molecule has 0 radical (unpaired) electrons. The molecule has 1 aromatic rings. The van der Waals surface area contributed by atoms with Gasteiger partial charge in [-0.1, -0.05) is 25.1 Å². The Hall–Kier alpha value is -1.55. The van der Waals surface area contributed by atoms with Crippen LogP contribution < -0.4 is 4.74 Å². The van der Waals surface area contributed by atoms with E-state index < -0.39 is 6.10 Å². The van der Waals surface area contributed by atoms with E-state index in [0.717, 1.165) is 30.7 Å². The van der Waals surface area contributed by atoms with Crippen LogP contribution in [-0.4, -0.2) is 41.7 Å². The zero-order valence-electron chi connectivity index (χ0n) is 11.8. The third-order valence-corrected chi connectivity index (χ3v) is 4.49. The minimum atomic E-state index is -0.400. The number of amides is 1. The molecule has 3 rings (SSSR count). The summed E-state index contributed by atoms with van der Waals surface area (Å²) in [6.07, 6.45) is 1.19. The fourth-order valence-electron chi connectivity index (χ4n) is 3.07. The van der Waals surface area contributed by atoms with Crippen molar-refractivity contribution < 1.29 is 14.6 Å². The van der Waals surface area contributed by atoms with Crippen molar-refractivity contribution in [3.63, 3.8) is 0 Å². The Bertz CT molecular complexity index is 502. The van der Waals surface area contributed by atoms with Crippen molar-refractivity contribution in [3.05, 3.63) is 29.8 Å². The summed E-state index contributed by atoms with van der Waals surface area (Å²) < 4.78 is 5.61. The number of fused-ring (bicyclic) bond motifs is 1. The van der Waals surface area contributed by atoms with E-state index >= 15 is 0 Å². The molecule has 4 heteroatoms. The molecule has 4 nitrogen and oxygen atoms in total. The molecular formula is C16H21NO3. The Balaban J connectivity index is 1.78. The first-order valence-corrected chi connectivity index (χ1v) is 7.35. The molecule has 108 valence electrons. The number of carbonyl (C=O) groups is 1. The van der Waals surface area contributed by atoms with Gasteiger partial charge in [0.15, 0.2) is 0 Å². The molecule has 0 aliphatic carbocycles. The van der Waals surface area contributed by atoms with Crippen molar-refractivity contribution in [3.8, 4) is 5.75 Å². The Kier molecular flexibility index (Phi) is 3.66. The first-order chi connectivity index (χ1) is 9.66. The van der Waals surface area contributed by atoms with Gasteiger partial charge in [-0.2, -0.15) is 0 Å². The highest BCUT2D eigenvalue weighted by Crippen LogP contribution is 2.35. The molecule has 2 aliphatic heterocycles. The number of aliphatic hydroxyl groups excluding tert-OH is 1. The van der Waals surface area contributed by atoms with Gasteiger partial charge in [-0.15, -0.1) is 0 Å². The highest BCUT2D eigenvalue weighted by atomic mass is 16.5. The Morgan fingerprint density at radius 2 is 2.15 bits per heavy atom. The average molecular weight is 275 g/mol. The lowest BCUT2D eigenvalue weighted by Crippen LogP contribution is -2.47. The number of piperidine rings is 1. The largest absolute Gasteiger partial charge is 0.493 e. The molecule has 0 bridgehead atoms. The van der Waals surface area contributed by atoms with Gasteiger partial charge in [-0.25, -0.2) is 0 Å². The van der Waals surface area contributed by atoms with Crippen LogP contribution in [-0.2, 0) is 4.79 Å².